The van der Waals surface area contributed by atoms with Gasteiger partial charge in [-0.3, -0.25) is 4.57 Å². The van der Waals surface area contributed by atoms with E-state index in [9.17, 15) is 4.79 Å². The normalized spacial score (nSPS) is 12.1. The lowest BCUT2D eigenvalue weighted by Gasteiger charge is -2.11. The average Bonchev–Trinajstić information content (AvgIpc) is 2.81. The van der Waals surface area contributed by atoms with Gasteiger partial charge in [-0.1, -0.05) is 16.8 Å². The van der Waals surface area contributed by atoms with Crippen molar-refractivity contribution in [2.45, 2.75) is 29.9 Å². The minimum atomic E-state index is -0.285. The number of hydrogen-bond donors (Lipinski definition) is 3. The van der Waals surface area contributed by atoms with Gasteiger partial charge in [0.25, 0.3) is 0 Å². The van der Waals surface area contributed by atoms with E-state index in [-0.39, 0.29) is 17.6 Å². The molecule has 1 heterocycles. The Kier molecular flexibility index (Phi) is 4.59. The third-order valence-electron chi connectivity index (χ3n) is 2.72. The number of oxime groups is 1. The predicted molar refractivity (Wildman–Crippen MR) is 81.3 cm³/mol. The number of halogens is 1. The first-order valence-electron chi connectivity index (χ1n) is 6.06. The Hall–Kier alpha value is -1.93. The van der Waals surface area contributed by atoms with Crippen molar-refractivity contribution < 1.29 is 5.21 Å². The summed E-state index contributed by atoms with van der Waals surface area (Å²) in [5.41, 5.74) is 5.84. The van der Waals surface area contributed by atoms with Crippen LogP contribution in [0.2, 0.25) is 5.02 Å². The molecule has 0 aliphatic heterocycles. The maximum Gasteiger partial charge on any atom is 0.344 e. The molecule has 0 saturated carbocycles. The van der Waals surface area contributed by atoms with E-state index in [1.54, 1.807) is 18.2 Å². The van der Waals surface area contributed by atoms with E-state index in [0.29, 0.717) is 20.6 Å². The SMILES string of the molecule is CC(C)n1c(Sc2ccc(Cl)cc2C(N)=NO)n[nH]c1=O. The molecule has 0 aliphatic carbocycles. The number of H-pyrrole nitrogens is 1. The van der Waals surface area contributed by atoms with Gasteiger partial charge in [0.1, 0.15) is 0 Å². The maximum absolute atomic E-state index is 11.7. The molecule has 4 N–H and O–H groups in total. The average molecular weight is 328 g/mol. The molecule has 2 rings (SSSR count). The number of nitrogens with two attached hydrogens (primary N) is 1. The van der Waals surface area contributed by atoms with Crippen molar-refractivity contribution in [2.24, 2.45) is 10.9 Å². The highest BCUT2D eigenvalue weighted by Crippen LogP contribution is 2.31. The molecule has 0 fully saturated rings. The number of rotatable bonds is 4. The summed E-state index contributed by atoms with van der Waals surface area (Å²) in [5.74, 6) is -0.0611. The number of benzene rings is 1. The molecular formula is C12H14ClN5O2S. The lowest BCUT2D eigenvalue weighted by molar-refractivity contribution is 0.318. The summed E-state index contributed by atoms with van der Waals surface area (Å²) in [6.45, 7) is 3.76. The van der Waals surface area contributed by atoms with Gasteiger partial charge < -0.3 is 10.9 Å². The largest absolute Gasteiger partial charge is 0.409 e. The van der Waals surface area contributed by atoms with E-state index < -0.39 is 0 Å². The number of amidine groups is 1. The molecular weight excluding hydrogens is 314 g/mol. The zero-order chi connectivity index (χ0) is 15.6. The highest BCUT2D eigenvalue weighted by atomic mass is 35.5. The van der Waals surface area contributed by atoms with Crippen LogP contribution in [-0.4, -0.2) is 25.8 Å². The zero-order valence-electron chi connectivity index (χ0n) is 11.4. The van der Waals surface area contributed by atoms with Crippen LogP contribution in [0.25, 0.3) is 0 Å². The highest BCUT2D eigenvalue weighted by Gasteiger charge is 2.16. The minimum Gasteiger partial charge on any atom is -0.409 e. The third kappa shape index (κ3) is 3.22. The van der Waals surface area contributed by atoms with Gasteiger partial charge in [0.2, 0.25) is 0 Å². The minimum absolute atomic E-state index is 0.0432. The topological polar surface area (TPSA) is 109 Å². The van der Waals surface area contributed by atoms with E-state index in [1.807, 2.05) is 13.8 Å². The number of hydrogen-bond acceptors (Lipinski definition) is 5. The third-order valence-corrected chi connectivity index (χ3v) is 4.00. The summed E-state index contributed by atoms with van der Waals surface area (Å²) >= 11 is 7.16. The Morgan fingerprint density at radius 2 is 2.29 bits per heavy atom. The molecule has 9 heteroatoms. The smallest absolute Gasteiger partial charge is 0.344 e. The van der Waals surface area contributed by atoms with Gasteiger partial charge in [0.15, 0.2) is 11.0 Å². The molecule has 1 aromatic heterocycles. The molecule has 1 aromatic carbocycles. The molecule has 2 aromatic rings. The van der Waals surface area contributed by atoms with Crippen LogP contribution < -0.4 is 11.4 Å². The van der Waals surface area contributed by atoms with Crippen LogP contribution in [0.1, 0.15) is 25.5 Å². The van der Waals surface area contributed by atoms with E-state index >= 15 is 0 Å². The first kappa shape index (κ1) is 15.5. The predicted octanol–water partition coefficient (Wildman–Crippen LogP) is 2.05. The van der Waals surface area contributed by atoms with Gasteiger partial charge in [-0.05, 0) is 43.8 Å². The highest BCUT2D eigenvalue weighted by molar-refractivity contribution is 7.99. The van der Waals surface area contributed by atoms with Gasteiger partial charge in [-0.15, -0.1) is 5.10 Å². The Morgan fingerprint density at radius 1 is 1.57 bits per heavy atom. The van der Waals surface area contributed by atoms with Crippen LogP contribution in [0.15, 0.2) is 38.2 Å². The molecule has 0 radical (unpaired) electrons. The number of aromatic amines is 1. The molecule has 0 atom stereocenters. The van der Waals surface area contributed by atoms with Crippen molar-refractivity contribution in [1.29, 1.82) is 0 Å². The van der Waals surface area contributed by atoms with Crippen LogP contribution in [0.4, 0.5) is 0 Å². The van der Waals surface area contributed by atoms with E-state index in [4.69, 9.17) is 22.5 Å². The molecule has 0 amide bonds. The quantitative estimate of drug-likeness (QED) is 0.344. The summed E-state index contributed by atoms with van der Waals surface area (Å²) in [7, 11) is 0. The first-order valence-corrected chi connectivity index (χ1v) is 7.25. The van der Waals surface area contributed by atoms with Crippen LogP contribution in [-0.2, 0) is 0 Å². The second-order valence-electron chi connectivity index (χ2n) is 4.50. The first-order chi connectivity index (χ1) is 9.93. The van der Waals surface area contributed by atoms with Crippen LogP contribution >= 0.6 is 23.4 Å². The number of aromatic nitrogens is 3. The summed E-state index contributed by atoms with van der Waals surface area (Å²) in [6, 6.07) is 4.95. The summed E-state index contributed by atoms with van der Waals surface area (Å²) in [5, 5.41) is 19.2. The number of nitrogens with zero attached hydrogens (tertiary/aromatic N) is 3. The number of nitrogens with one attached hydrogen (secondary N) is 1. The molecule has 0 unspecified atom stereocenters. The van der Waals surface area contributed by atoms with E-state index in [2.05, 4.69) is 15.4 Å². The van der Waals surface area contributed by atoms with Crippen molar-refractivity contribution in [3.05, 3.63) is 39.3 Å². The molecule has 21 heavy (non-hydrogen) atoms. The van der Waals surface area contributed by atoms with Gasteiger partial charge in [-0.25, -0.2) is 9.89 Å². The summed E-state index contributed by atoms with van der Waals surface area (Å²) < 4.78 is 1.52. The van der Waals surface area contributed by atoms with Crippen molar-refractivity contribution >= 4 is 29.2 Å². The maximum atomic E-state index is 11.7. The standard InChI is InChI=1S/C12H14ClN5O2S/c1-6(2)18-11(19)15-16-12(18)21-9-4-3-7(13)5-8(9)10(14)17-20/h3-6,20H,1-2H3,(H2,14,17)(H,15,19). The fraction of sp³-hybridized carbons (Fsp3) is 0.250. The Balaban J connectivity index is 2.48. The fourth-order valence-electron chi connectivity index (χ4n) is 1.76. The Labute approximate surface area is 129 Å². The van der Waals surface area contributed by atoms with Crippen LogP contribution in [0, 0.1) is 0 Å². The van der Waals surface area contributed by atoms with Crippen molar-refractivity contribution in [2.75, 3.05) is 0 Å². The van der Waals surface area contributed by atoms with Crippen molar-refractivity contribution in [3.63, 3.8) is 0 Å². The van der Waals surface area contributed by atoms with E-state index in [1.165, 1.54) is 16.3 Å². The zero-order valence-corrected chi connectivity index (χ0v) is 12.9. The monoisotopic (exact) mass is 327 g/mol. The molecule has 112 valence electrons. The molecule has 0 saturated heterocycles. The van der Waals surface area contributed by atoms with Gasteiger partial charge in [-0.2, -0.15) is 0 Å². The molecule has 0 spiro atoms. The van der Waals surface area contributed by atoms with E-state index in [0.717, 1.165) is 0 Å². The lowest BCUT2D eigenvalue weighted by Crippen LogP contribution is -2.19. The summed E-state index contributed by atoms with van der Waals surface area (Å²) in [6.07, 6.45) is 0. The second-order valence-corrected chi connectivity index (χ2v) is 5.95. The Bertz CT molecular complexity index is 737. The lowest BCUT2D eigenvalue weighted by atomic mass is 10.2. The van der Waals surface area contributed by atoms with Crippen LogP contribution in [0.3, 0.4) is 0 Å². The molecule has 7 nitrogen and oxygen atoms in total. The summed E-state index contributed by atoms with van der Waals surface area (Å²) in [4.78, 5) is 12.4. The Morgan fingerprint density at radius 3 is 2.90 bits per heavy atom. The second kappa shape index (κ2) is 6.23. The van der Waals surface area contributed by atoms with Gasteiger partial charge >= 0.3 is 5.69 Å². The fourth-order valence-corrected chi connectivity index (χ4v) is 3.02. The van der Waals surface area contributed by atoms with Crippen LogP contribution in [0.5, 0.6) is 0 Å². The van der Waals surface area contributed by atoms with Gasteiger partial charge in [0.05, 0.1) is 0 Å². The van der Waals surface area contributed by atoms with Gasteiger partial charge in [0, 0.05) is 21.5 Å². The molecule has 0 aliphatic rings. The van der Waals surface area contributed by atoms with Crippen molar-refractivity contribution in [1.82, 2.24) is 14.8 Å². The van der Waals surface area contributed by atoms with Crippen molar-refractivity contribution in [3.8, 4) is 0 Å². The molecule has 0 bridgehead atoms.